The fraction of sp³-hybridized carbons (Fsp3) is 0.625. The van der Waals surface area contributed by atoms with Gasteiger partial charge in [0.05, 0.1) is 4.90 Å². The minimum absolute atomic E-state index is 0.246. The van der Waals surface area contributed by atoms with E-state index in [9.17, 15) is 21.6 Å². The highest BCUT2D eigenvalue weighted by molar-refractivity contribution is 7.89. The van der Waals surface area contributed by atoms with Crippen LogP contribution in [0.15, 0.2) is 23.1 Å². The van der Waals surface area contributed by atoms with Crippen LogP contribution in [0.5, 0.6) is 5.75 Å². The van der Waals surface area contributed by atoms with Crippen molar-refractivity contribution in [3.8, 4) is 5.75 Å². The van der Waals surface area contributed by atoms with Crippen LogP contribution >= 0.6 is 0 Å². The monoisotopic (exact) mass is 378 g/mol. The molecule has 1 aromatic carbocycles. The summed E-state index contributed by atoms with van der Waals surface area (Å²) in [5.41, 5.74) is 0. The number of rotatable bonds is 5. The average molecular weight is 378 g/mol. The zero-order valence-corrected chi connectivity index (χ0v) is 14.4. The molecule has 2 aliphatic heterocycles. The molecule has 1 N–H and O–H groups in total. The maximum atomic E-state index is 13.8. The van der Waals surface area contributed by atoms with Crippen LogP contribution in [0.25, 0.3) is 0 Å². The van der Waals surface area contributed by atoms with Crippen LogP contribution in [0.4, 0.5) is 13.2 Å². The Hall–Kier alpha value is -1.32. The molecule has 2 heterocycles. The van der Waals surface area contributed by atoms with E-state index in [0.29, 0.717) is 25.0 Å². The fourth-order valence-electron chi connectivity index (χ4n) is 3.62. The van der Waals surface area contributed by atoms with Crippen LogP contribution in [-0.2, 0) is 10.0 Å². The Morgan fingerprint density at radius 1 is 1.20 bits per heavy atom. The molecular formula is C16H21F3N2O3S. The summed E-state index contributed by atoms with van der Waals surface area (Å²) < 4.78 is 68.8. The molecule has 2 fully saturated rings. The summed E-state index contributed by atoms with van der Waals surface area (Å²) in [7, 11) is -3.85. The van der Waals surface area contributed by atoms with E-state index in [0.717, 1.165) is 50.4 Å². The molecule has 5 nitrogen and oxygen atoms in total. The molecule has 0 aliphatic carbocycles. The predicted molar refractivity (Wildman–Crippen MR) is 85.5 cm³/mol. The number of nitrogens with zero attached hydrogens (tertiary/aromatic N) is 1. The van der Waals surface area contributed by atoms with E-state index in [1.165, 1.54) is 4.31 Å². The maximum Gasteiger partial charge on any atom is 0.387 e. The number of halogens is 3. The second-order valence-electron chi connectivity index (χ2n) is 6.42. The van der Waals surface area contributed by atoms with Crippen LogP contribution in [0.1, 0.15) is 25.7 Å². The summed E-state index contributed by atoms with van der Waals surface area (Å²) in [5, 5.41) is 3.45. The molecule has 1 atom stereocenters. The minimum Gasteiger partial charge on any atom is -0.432 e. The molecule has 0 spiro atoms. The second kappa shape index (κ2) is 7.51. The first-order valence-corrected chi connectivity index (χ1v) is 9.80. The van der Waals surface area contributed by atoms with Crippen LogP contribution in [0.2, 0.25) is 0 Å². The molecule has 0 bridgehead atoms. The van der Waals surface area contributed by atoms with Crippen molar-refractivity contribution < 1.29 is 26.3 Å². The zero-order chi connectivity index (χ0) is 18.0. The number of nitrogens with one attached hydrogen (secondary N) is 1. The first-order valence-electron chi connectivity index (χ1n) is 8.36. The molecular weight excluding hydrogens is 357 g/mol. The van der Waals surface area contributed by atoms with Gasteiger partial charge in [-0.15, -0.1) is 0 Å². The molecule has 9 heteroatoms. The maximum absolute atomic E-state index is 13.8. The summed E-state index contributed by atoms with van der Waals surface area (Å²) in [6.45, 7) is -1.40. The number of ether oxygens (including phenoxy) is 1. The highest BCUT2D eigenvalue weighted by Crippen LogP contribution is 2.30. The predicted octanol–water partition coefficient (Wildman–Crippen LogP) is 2.58. The van der Waals surface area contributed by atoms with Gasteiger partial charge in [0.15, 0.2) is 11.6 Å². The molecule has 25 heavy (non-hydrogen) atoms. The molecule has 0 saturated carbocycles. The van der Waals surface area contributed by atoms with Gasteiger partial charge in [0.25, 0.3) is 0 Å². The van der Waals surface area contributed by atoms with E-state index < -0.39 is 28.2 Å². The van der Waals surface area contributed by atoms with Crippen molar-refractivity contribution in [3.63, 3.8) is 0 Å². The highest BCUT2D eigenvalue weighted by Gasteiger charge is 2.33. The first kappa shape index (κ1) is 18.5. The SMILES string of the molecule is O=S(=O)(c1ccc(OC(F)F)c(F)c1)N1CCC(C2CCCN2)CC1. The molecule has 1 unspecified atom stereocenters. The van der Waals surface area contributed by atoms with Crippen molar-refractivity contribution in [1.29, 1.82) is 0 Å². The van der Waals surface area contributed by atoms with Crippen molar-refractivity contribution in [1.82, 2.24) is 9.62 Å². The Bertz CT molecular complexity index is 701. The second-order valence-corrected chi connectivity index (χ2v) is 8.35. The normalized spacial score (nSPS) is 23.3. The molecule has 2 saturated heterocycles. The van der Waals surface area contributed by atoms with Gasteiger partial charge in [0.1, 0.15) is 0 Å². The van der Waals surface area contributed by atoms with Crippen LogP contribution in [-0.4, -0.2) is 45.0 Å². The van der Waals surface area contributed by atoms with Crippen molar-refractivity contribution >= 4 is 10.0 Å². The standard InChI is InChI=1S/C16H21F3N2O3S/c17-13-10-12(3-4-15(13)24-16(18)19)25(22,23)21-8-5-11(6-9-21)14-2-1-7-20-14/h3-4,10-11,14,16,20H,1-2,5-9H2. The van der Waals surface area contributed by atoms with E-state index in [-0.39, 0.29) is 4.90 Å². The van der Waals surface area contributed by atoms with E-state index in [1.807, 2.05) is 0 Å². The van der Waals surface area contributed by atoms with Gasteiger partial charge in [-0.25, -0.2) is 12.8 Å². The van der Waals surface area contributed by atoms with E-state index in [1.54, 1.807) is 0 Å². The number of hydrogen-bond acceptors (Lipinski definition) is 4. The third-order valence-corrected chi connectivity index (χ3v) is 6.82. The lowest BCUT2D eigenvalue weighted by molar-refractivity contribution is -0.0522. The summed E-state index contributed by atoms with van der Waals surface area (Å²) in [6, 6.07) is 3.20. The molecule has 1 aromatic rings. The Morgan fingerprint density at radius 2 is 1.92 bits per heavy atom. The van der Waals surface area contributed by atoms with Gasteiger partial charge in [0.2, 0.25) is 10.0 Å². The molecule has 2 aliphatic rings. The fourth-order valence-corrected chi connectivity index (χ4v) is 5.10. The highest BCUT2D eigenvalue weighted by atomic mass is 32.2. The van der Waals surface area contributed by atoms with Gasteiger partial charge in [-0.05, 0) is 56.3 Å². The number of hydrogen-bond donors (Lipinski definition) is 1. The third-order valence-electron chi connectivity index (χ3n) is 4.92. The Labute approximate surface area is 145 Å². The largest absolute Gasteiger partial charge is 0.432 e. The first-order chi connectivity index (χ1) is 11.9. The van der Waals surface area contributed by atoms with Crippen molar-refractivity contribution in [3.05, 3.63) is 24.0 Å². The van der Waals surface area contributed by atoms with Crippen molar-refractivity contribution in [2.75, 3.05) is 19.6 Å². The van der Waals surface area contributed by atoms with E-state index in [2.05, 4.69) is 10.1 Å². The summed E-state index contributed by atoms with van der Waals surface area (Å²) in [6.07, 6.45) is 3.78. The van der Waals surface area contributed by atoms with Gasteiger partial charge < -0.3 is 10.1 Å². The smallest absolute Gasteiger partial charge is 0.387 e. The molecule has 0 amide bonds. The quantitative estimate of drug-likeness (QED) is 0.856. The zero-order valence-electron chi connectivity index (χ0n) is 13.6. The van der Waals surface area contributed by atoms with Crippen molar-refractivity contribution in [2.24, 2.45) is 5.92 Å². The summed E-state index contributed by atoms with van der Waals surface area (Å²) in [4.78, 5) is -0.246. The van der Waals surface area contributed by atoms with Crippen LogP contribution in [0.3, 0.4) is 0 Å². The van der Waals surface area contributed by atoms with Crippen LogP contribution < -0.4 is 10.1 Å². The number of benzene rings is 1. The lowest BCUT2D eigenvalue weighted by Crippen LogP contribution is -2.43. The Balaban J connectivity index is 1.68. The summed E-state index contributed by atoms with van der Waals surface area (Å²) >= 11 is 0. The summed E-state index contributed by atoms with van der Waals surface area (Å²) in [5.74, 6) is -1.33. The van der Waals surface area contributed by atoms with Gasteiger partial charge in [-0.3, -0.25) is 0 Å². The number of alkyl halides is 2. The Kier molecular flexibility index (Phi) is 5.55. The van der Waals surface area contributed by atoms with E-state index >= 15 is 0 Å². The van der Waals surface area contributed by atoms with Crippen LogP contribution in [0, 0.1) is 11.7 Å². The van der Waals surface area contributed by atoms with Gasteiger partial charge >= 0.3 is 6.61 Å². The van der Waals surface area contributed by atoms with Crippen molar-refractivity contribution in [2.45, 2.75) is 43.2 Å². The molecule has 3 rings (SSSR count). The average Bonchev–Trinajstić information content (AvgIpc) is 3.11. The number of piperidine rings is 1. The lowest BCUT2D eigenvalue weighted by Gasteiger charge is -2.34. The molecule has 0 radical (unpaired) electrons. The molecule has 140 valence electrons. The third kappa shape index (κ3) is 4.09. The van der Waals surface area contributed by atoms with Gasteiger partial charge in [-0.2, -0.15) is 13.1 Å². The minimum atomic E-state index is -3.85. The van der Waals surface area contributed by atoms with E-state index in [4.69, 9.17) is 0 Å². The Morgan fingerprint density at radius 3 is 2.48 bits per heavy atom. The van der Waals surface area contributed by atoms with Gasteiger partial charge in [0, 0.05) is 19.1 Å². The number of sulfonamides is 1. The lowest BCUT2D eigenvalue weighted by atomic mass is 9.89. The van der Waals surface area contributed by atoms with Gasteiger partial charge in [-0.1, -0.05) is 0 Å². The topological polar surface area (TPSA) is 58.6 Å². The molecule has 0 aromatic heterocycles.